The molecule has 1 saturated heterocycles. The summed E-state index contributed by atoms with van der Waals surface area (Å²) in [7, 11) is 0. The van der Waals surface area contributed by atoms with Crippen molar-refractivity contribution in [3.05, 3.63) is 89.5 Å². The Balaban J connectivity index is 1.48. The first-order valence-electron chi connectivity index (χ1n) is 10.8. The van der Waals surface area contributed by atoms with Crippen LogP contribution in [0.2, 0.25) is 0 Å². The molecule has 162 valence electrons. The number of nitrogen functional groups attached to an aromatic ring is 1. The molecule has 0 spiro atoms. The van der Waals surface area contributed by atoms with Crippen molar-refractivity contribution in [1.82, 2.24) is 4.90 Å². The minimum absolute atomic E-state index is 0.138. The molecule has 4 N–H and O–H groups in total. The van der Waals surface area contributed by atoms with Gasteiger partial charge in [0.15, 0.2) is 0 Å². The van der Waals surface area contributed by atoms with E-state index in [9.17, 15) is 4.79 Å². The Morgan fingerprint density at radius 2 is 1.75 bits per heavy atom. The Labute approximate surface area is 187 Å². The smallest absolute Gasteiger partial charge is 0.258 e. The highest BCUT2D eigenvalue weighted by Crippen LogP contribution is 2.38. The molecule has 6 nitrogen and oxygen atoms in total. The summed E-state index contributed by atoms with van der Waals surface area (Å²) in [5.41, 5.74) is 12.7. The number of fused-ring (bicyclic) bond motifs is 1. The van der Waals surface area contributed by atoms with Crippen LogP contribution in [0, 0.1) is 0 Å². The summed E-state index contributed by atoms with van der Waals surface area (Å²) in [6.45, 7) is 4.42. The van der Waals surface area contributed by atoms with Crippen LogP contribution in [0.1, 0.15) is 16.7 Å². The number of nitrogens with one attached hydrogen (secondary N) is 2. The average Bonchev–Trinajstić information content (AvgIpc) is 3.14. The van der Waals surface area contributed by atoms with E-state index in [4.69, 9.17) is 10.5 Å². The van der Waals surface area contributed by atoms with Crippen LogP contribution in [0.15, 0.2) is 72.8 Å². The Morgan fingerprint density at radius 1 is 1.00 bits per heavy atom. The molecule has 0 aromatic heterocycles. The van der Waals surface area contributed by atoms with Gasteiger partial charge in [-0.2, -0.15) is 0 Å². The number of amides is 1. The third-order valence-corrected chi connectivity index (χ3v) is 5.83. The number of hydrogen-bond acceptors (Lipinski definition) is 5. The topological polar surface area (TPSA) is 79.6 Å². The highest BCUT2D eigenvalue weighted by Gasteiger charge is 2.28. The van der Waals surface area contributed by atoms with Crippen LogP contribution in [0.4, 0.5) is 17.1 Å². The molecule has 0 unspecified atom stereocenters. The molecule has 5 rings (SSSR count). The maximum absolute atomic E-state index is 13.0. The van der Waals surface area contributed by atoms with Crippen molar-refractivity contribution in [1.29, 1.82) is 0 Å². The maximum atomic E-state index is 13.0. The van der Waals surface area contributed by atoms with E-state index < -0.39 is 0 Å². The first kappa shape index (κ1) is 20.3. The van der Waals surface area contributed by atoms with E-state index in [1.807, 2.05) is 42.5 Å². The zero-order valence-corrected chi connectivity index (χ0v) is 17.8. The zero-order valence-electron chi connectivity index (χ0n) is 17.8. The fraction of sp³-hybridized carbons (Fsp3) is 0.192. The Kier molecular flexibility index (Phi) is 5.62. The summed E-state index contributed by atoms with van der Waals surface area (Å²) in [6.07, 6.45) is 0. The Hall–Kier alpha value is -3.61. The first-order valence-corrected chi connectivity index (χ1v) is 10.8. The lowest BCUT2D eigenvalue weighted by Crippen LogP contribution is -2.35. The fourth-order valence-corrected chi connectivity index (χ4v) is 4.17. The lowest BCUT2D eigenvalue weighted by molar-refractivity contribution is -0.110. The van der Waals surface area contributed by atoms with E-state index in [1.165, 1.54) is 5.56 Å². The largest absolute Gasteiger partial charge is 0.399 e. The van der Waals surface area contributed by atoms with Crippen LogP contribution >= 0.6 is 0 Å². The molecule has 2 heterocycles. The van der Waals surface area contributed by atoms with Crippen molar-refractivity contribution in [2.75, 3.05) is 42.7 Å². The van der Waals surface area contributed by atoms with Gasteiger partial charge in [0, 0.05) is 42.3 Å². The average molecular weight is 427 g/mol. The van der Waals surface area contributed by atoms with Crippen molar-refractivity contribution < 1.29 is 9.53 Å². The number of hydrogen-bond donors (Lipinski definition) is 3. The molecule has 6 heteroatoms. The highest BCUT2D eigenvalue weighted by molar-refractivity contribution is 6.37. The summed E-state index contributed by atoms with van der Waals surface area (Å²) in [5.74, 6) is -0.138. The molecule has 3 aromatic rings. The molecule has 2 aliphatic rings. The zero-order chi connectivity index (χ0) is 21.9. The van der Waals surface area contributed by atoms with E-state index in [0.29, 0.717) is 11.3 Å². The number of morpholine rings is 1. The van der Waals surface area contributed by atoms with E-state index in [2.05, 4.69) is 39.8 Å². The van der Waals surface area contributed by atoms with Crippen molar-refractivity contribution in [2.24, 2.45) is 0 Å². The molecule has 0 bridgehead atoms. The predicted molar refractivity (Wildman–Crippen MR) is 129 cm³/mol. The van der Waals surface area contributed by atoms with Crippen LogP contribution in [0.3, 0.4) is 0 Å². The molecule has 1 amide bonds. The third-order valence-electron chi connectivity index (χ3n) is 5.83. The van der Waals surface area contributed by atoms with Crippen molar-refractivity contribution >= 4 is 34.2 Å². The van der Waals surface area contributed by atoms with E-state index in [-0.39, 0.29) is 5.91 Å². The van der Waals surface area contributed by atoms with Crippen molar-refractivity contribution in [2.45, 2.75) is 6.54 Å². The van der Waals surface area contributed by atoms with Gasteiger partial charge in [0.05, 0.1) is 24.5 Å². The molecule has 0 aliphatic carbocycles. The molecule has 32 heavy (non-hydrogen) atoms. The minimum Gasteiger partial charge on any atom is -0.399 e. The number of carbonyl (C=O) groups excluding carboxylic acids is 1. The standard InChI is InChI=1S/C26H26N4O2/c27-20-8-11-23-22(16-20)24(26(31)29-23)25(19-4-2-1-3-5-19)28-21-9-6-18(7-10-21)17-30-12-14-32-15-13-30/h1-11,16,28H,12-15,17,27H2,(H,29,31). The number of nitrogens with two attached hydrogens (primary N) is 1. The quantitative estimate of drug-likeness (QED) is 0.424. The molecule has 1 fully saturated rings. The van der Waals surface area contributed by atoms with Gasteiger partial charge in [0.25, 0.3) is 5.91 Å². The second-order valence-electron chi connectivity index (χ2n) is 8.09. The van der Waals surface area contributed by atoms with E-state index >= 15 is 0 Å². The van der Waals surface area contributed by atoms with Crippen LogP contribution in [0.25, 0.3) is 11.3 Å². The lowest BCUT2D eigenvalue weighted by atomic mass is 9.99. The van der Waals surface area contributed by atoms with Gasteiger partial charge in [-0.05, 0) is 41.5 Å². The molecule has 0 radical (unpaired) electrons. The van der Waals surface area contributed by atoms with Gasteiger partial charge >= 0.3 is 0 Å². The lowest BCUT2D eigenvalue weighted by Gasteiger charge is -2.26. The number of anilines is 3. The molecular weight excluding hydrogens is 400 g/mol. The van der Waals surface area contributed by atoms with Gasteiger partial charge in [-0.3, -0.25) is 9.69 Å². The molecule has 3 aromatic carbocycles. The monoisotopic (exact) mass is 426 g/mol. The molecule has 2 aliphatic heterocycles. The fourth-order valence-electron chi connectivity index (χ4n) is 4.17. The van der Waals surface area contributed by atoms with Gasteiger partial charge in [-0.15, -0.1) is 0 Å². The number of ether oxygens (including phenoxy) is 1. The maximum Gasteiger partial charge on any atom is 0.258 e. The van der Waals surface area contributed by atoms with E-state index in [1.54, 1.807) is 6.07 Å². The first-order chi connectivity index (χ1) is 15.7. The second kappa shape index (κ2) is 8.86. The number of benzene rings is 3. The Morgan fingerprint density at radius 3 is 2.50 bits per heavy atom. The summed E-state index contributed by atoms with van der Waals surface area (Å²) < 4.78 is 5.43. The second-order valence-corrected chi connectivity index (χ2v) is 8.09. The van der Waals surface area contributed by atoms with Crippen LogP contribution in [0.5, 0.6) is 0 Å². The van der Waals surface area contributed by atoms with Gasteiger partial charge in [0.2, 0.25) is 0 Å². The van der Waals surface area contributed by atoms with Crippen molar-refractivity contribution in [3.63, 3.8) is 0 Å². The number of nitrogens with zero attached hydrogens (tertiary/aromatic N) is 1. The van der Waals surface area contributed by atoms with Gasteiger partial charge in [-0.1, -0.05) is 42.5 Å². The normalized spacial score (nSPS) is 17.6. The predicted octanol–water partition coefficient (Wildman–Crippen LogP) is 4.03. The van der Waals surface area contributed by atoms with Crippen molar-refractivity contribution in [3.8, 4) is 0 Å². The minimum atomic E-state index is -0.138. The summed E-state index contributed by atoms with van der Waals surface area (Å²) in [6, 6.07) is 23.8. The van der Waals surface area contributed by atoms with Gasteiger partial charge in [0.1, 0.15) is 0 Å². The number of carbonyl (C=O) groups is 1. The molecular formula is C26H26N4O2. The summed E-state index contributed by atoms with van der Waals surface area (Å²) >= 11 is 0. The summed E-state index contributed by atoms with van der Waals surface area (Å²) in [5, 5.41) is 6.46. The van der Waals surface area contributed by atoms with Crippen LogP contribution in [-0.2, 0) is 16.1 Å². The third kappa shape index (κ3) is 4.23. The van der Waals surface area contributed by atoms with Crippen LogP contribution < -0.4 is 16.4 Å². The molecule has 0 atom stereocenters. The number of rotatable bonds is 5. The molecule has 0 saturated carbocycles. The Bertz CT molecular complexity index is 1150. The van der Waals surface area contributed by atoms with Crippen LogP contribution in [-0.4, -0.2) is 37.1 Å². The summed E-state index contributed by atoms with van der Waals surface area (Å²) in [4.78, 5) is 15.4. The SMILES string of the molecule is Nc1ccc2c(c1)C(=C(Nc1ccc(CN3CCOCC3)cc1)c1ccccc1)C(=O)N2. The van der Waals surface area contributed by atoms with Gasteiger partial charge in [-0.25, -0.2) is 0 Å². The highest BCUT2D eigenvalue weighted by atomic mass is 16.5. The van der Waals surface area contributed by atoms with E-state index in [0.717, 1.165) is 61.0 Å². The van der Waals surface area contributed by atoms with Gasteiger partial charge < -0.3 is 21.1 Å².